The van der Waals surface area contributed by atoms with Gasteiger partial charge in [-0.25, -0.2) is 4.79 Å². The van der Waals surface area contributed by atoms with Gasteiger partial charge in [0, 0.05) is 6.08 Å². The molecule has 2 atom stereocenters. The molecule has 0 heterocycles. The van der Waals surface area contributed by atoms with Crippen LogP contribution >= 0.6 is 0 Å². The number of carbonyl (C=O) groups is 1. The fourth-order valence-electron chi connectivity index (χ4n) is 1.58. The van der Waals surface area contributed by atoms with Crippen LogP contribution in [0, 0.1) is 0 Å². The molecule has 0 aromatic heterocycles. The van der Waals surface area contributed by atoms with Crippen LogP contribution in [0.1, 0.15) is 27.7 Å². The van der Waals surface area contributed by atoms with Crippen molar-refractivity contribution in [3.8, 4) is 0 Å². The zero-order chi connectivity index (χ0) is 12.1. The van der Waals surface area contributed by atoms with Gasteiger partial charge in [-0.3, -0.25) is 0 Å². The van der Waals surface area contributed by atoms with Crippen LogP contribution in [0.5, 0.6) is 0 Å². The van der Waals surface area contributed by atoms with Crippen molar-refractivity contribution in [2.24, 2.45) is 0 Å². The van der Waals surface area contributed by atoms with Crippen molar-refractivity contribution in [1.82, 2.24) is 0 Å². The number of quaternary nitrogens is 1. The minimum absolute atomic E-state index is 0. The maximum atomic E-state index is 11.0. The summed E-state index contributed by atoms with van der Waals surface area (Å²) in [6.45, 7) is 13.7. The standard InChI is InChI=1S/C12H24NO2.BrH/c1-7-12(14)15-11(5)9-13(6,8-2)10(3)4;/h7,10-11H,1,8-9H2,2-6H3;1H/q+1;/p-1. The van der Waals surface area contributed by atoms with E-state index in [9.17, 15) is 4.79 Å². The maximum Gasteiger partial charge on any atom is 0.330 e. The van der Waals surface area contributed by atoms with Gasteiger partial charge in [0.15, 0.2) is 0 Å². The predicted octanol–water partition coefficient (Wildman–Crippen LogP) is -1.02. The Morgan fingerprint density at radius 1 is 1.44 bits per heavy atom. The molecule has 0 N–H and O–H groups in total. The molecular formula is C12H24BrNO2. The van der Waals surface area contributed by atoms with Crippen molar-refractivity contribution in [3.05, 3.63) is 12.7 Å². The molecule has 0 radical (unpaired) electrons. The van der Waals surface area contributed by atoms with Crippen LogP contribution in [0.25, 0.3) is 0 Å². The lowest BCUT2D eigenvalue weighted by Gasteiger charge is -2.39. The first-order chi connectivity index (χ1) is 6.85. The molecule has 0 amide bonds. The lowest BCUT2D eigenvalue weighted by molar-refractivity contribution is -0.930. The van der Waals surface area contributed by atoms with E-state index < -0.39 is 0 Å². The van der Waals surface area contributed by atoms with Gasteiger partial charge in [-0.1, -0.05) is 6.58 Å². The Balaban J connectivity index is 0. The van der Waals surface area contributed by atoms with Gasteiger partial charge in [-0.15, -0.1) is 0 Å². The van der Waals surface area contributed by atoms with Gasteiger partial charge in [0.25, 0.3) is 0 Å². The zero-order valence-corrected chi connectivity index (χ0v) is 12.6. The number of hydrogen-bond acceptors (Lipinski definition) is 2. The molecule has 16 heavy (non-hydrogen) atoms. The van der Waals surface area contributed by atoms with Crippen LogP contribution in [-0.4, -0.2) is 42.7 Å². The van der Waals surface area contributed by atoms with Gasteiger partial charge >= 0.3 is 5.97 Å². The summed E-state index contributed by atoms with van der Waals surface area (Å²) < 4.78 is 6.08. The van der Waals surface area contributed by atoms with E-state index >= 15 is 0 Å². The third kappa shape index (κ3) is 5.66. The van der Waals surface area contributed by atoms with Gasteiger partial charge in [0.1, 0.15) is 12.6 Å². The number of likely N-dealkylation sites (N-methyl/N-ethyl adjacent to an activating group) is 1. The molecule has 96 valence electrons. The minimum atomic E-state index is -0.339. The third-order valence-electron chi connectivity index (χ3n) is 3.13. The van der Waals surface area contributed by atoms with E-state index in [1.807, 2.05) is 6.92 Å². The number of halogens is 1. The summed E-state index contributed by atoms with van der Waals surface area (Å²) in [6, 6.07) is 0.528. The highest BCUT2D eigenvalue weighted by Crippen LogP contribution is 2.12. The van der Waals surface area contributed by atoms with E-state index in [-0.39, 0.29) is 29.1 Å². The van der Waals surface area contributed by atoms with Crippen LogP contribution in [0.15, 0.2) is 12.7 Å². The largest absolute Gasteiger partial charge is 1.00 e. The van der Waals surface area contributed by atoms with Crippen molar-refractivity contribution in [3.63, 3.8) is 0 Å². The monoisotopic (exact) mass is 293 g/mol. The van der Waals surface area contributed by atoms with E-state index in [0.717, 1.165) is 17.6 Å². The molecule has 0 fully saturated rings. The predicted molar refractivity (Wildman–Crippen MR) is 62.5 cm³/mol. The number of nitrogens with zero attached hydrogens (tertiary/aromatic N) is 1. The number of esters is 1. The summed E-state index contributed by atoms with van der Waals surface area (Å²) in [5.74, 6) is -0.339. The van der Waals surface area contributed by atoms with Crippen LogP contribution in [0.2, 0.25) is 0 Å². The Labute approximate surface area is 110 Å². The molecular weight excluding hydrogens is 270 g/mol. The number of ether oxygens (including phenoxy) is 1. The van der Waals surface area contributed by atoms with Gasteiger partial charge in [-0.2, -0.15) is 0 Å². The molecule has 4 heteroatoms. The van der Waals surface area contributed by atoms with Crippen molar-refractivity contribution in [2.75, 3.05) is 20.1 Å². The summed E-state index contributed by atoms with van der Waals surface area (Å²) in [5, 5.41) is 0. The van der Waals surface area contributed by atoms with E-state index in [1.54, 1.807) is 0 Å². The van der Waals surface area contributed by atoms with Crippen molar-refractivity contribution < 1.29 is 31.0 Å². The molecule has 0 aliphatic rings. The highest BCUT2D eigenvalue weighted by molar-refractivity contribution is 5.81. The fraction of sp³-hybridized carbons (Fsp3) is 0.750. The summed E-state index contributed by atoms with van der Waals surface area (Å²) in [5.41, 5.74) is 0. The van der Waals surface area contributed by atoms with Crippen LogP contribution < -0.4 is 17.0 Å². The molecule has 0 aromatic carbocycles. The maximum absolute atomic E-state index is 11.0. The van der Waals surface area contributed by atoms with Crippen molar-refractivity contribution in [2.45, 2.75) is 39.8 Å². The second-order valence-electron chi connectivity index (χ2n) is 4.52. The number of hydrogen-bond donors (Lipinski definition) is 0. The van der Waals surface area contributed by atoms with Crippen LogP contribution in [0.4, 0.5) is 0 Å². The van der Waals surface area contributed by atoms with E-state index in [2.05, 4.69) is 34.4 Å². The Bertz CT molecular complexity index is 231. The van der Waals surface area contributed by atoms with Crippen LogP contribution in [0.3, 0.4) is 0 Å². The van der Waals surface area contributed by atoms with Crippen LogP contribution in [-0.2, 0) is 9.53 Å². The van der Waals surface area contributed by atoms with Crippen molar-refractivity contribution in [1.29, 1.82) is 0 Å². The summed E-state index contributed by atoms with van der Waals surface area (Å²) in [4.78, 5) is 11.0. The molecule has 0 aliphatic heterocycles. The third-order valence-corrected chi connectivity index (χ3v) is 3.13. The molecule has 0 saturated heterocycles. The highest BCUT2D eigenvalue weighted by Gasteiger charge is 2.27. The smallest absolute Gasteiger partial charge is 0.330 e. The van der Waals surface area contributed by atoms with Gasteiger partial charge in [0.2, 0.25) is 0 Å². The summed E-state index contributed by atoms with van der Waals surface area (Å²) in [6.07, 6.45) is 1.14. The van der Waals surface area contributed by atoms with Gasteiger partial charge in [0.05, 0.1) is 19.6 Å². The Morgan fingerprint density at radius 2 is 1.94 bits per heavy atom. The van der Waals surface area contributed by atoms with E-state index in [4.69, 9.17) is 4.74 Å². The number of rotatable bonds is 6. The highest BCUT2D eigenvalue weighted by atomic mass is 79.9. The zero-order valence-electron chi connectivity index (χ0n) is 11.0. The van der Waals surface area contributed by atoms with E-state index in [1.165, 1.54) is 6.08 Å². The lowest BCUT2D eigenvalue weighted by Crippen LogP contribution is -3.00. The normalized spacial score (nSPS) is 15.9. The summed E-state index contributed by atoms with van der Waals surface area (Å²) >= 11 is 0. The Morgan fingerprint density at radius 3 is 2.25 bits per heavy atom. The topological polar surface area (TPSA) is 26.3 Å². The molecule has 0 rings (SSSR count). The molecule has 0 saturated carbocycles. The van der Waals surface area contributed by atoms with Gasteiger partial charge in [-0.05, 0) is 27.7 Å². The molecule has 0 bridgehead atoms. The Hall–Kier alpha value is -0.350. The van der Waals surface area contributed by atoms with Crippen molar-refractivity contribution >= 4 is 5.97 Å². The summed E-state index contributed by atoms with van der Waals surface area (Å²) in [7, 11) is 2.18. The molecule has 0 aliphatic carbocycles. The molecule has 3 nitrogen and oxygen atoms in total. The Kier molecular flexibility index (Phi) is 8.84. The second kappa shape index (κ2) is 7.85. The van der Waals surface area contributed by atoms with E-state index in [0.29, 0.717) is 6.04 Å². The first kappa shape index (κ1) is 18.0. The first-order valence-electron chi connectivity index (χ1n) is 5.53. The molecule has 2 unspecified atom stereocenters. The first-order valence-corrected chi connectivity index (χ1v) is 5.53. The minimum Gasteiger partial charge on any atom is -1.00 e. The average Bonchev–Trinajstić information content (AvgIpc) is 2.16. The second-order valence-corrected chi connectivity index (χ2v) is 4.52. The SMILES string of the molecule is C=CC(=O)OC(C)C[N+](C)(CC)C(C)C.[Br-]. The number of carbonyl (C=O) groups excluding carboxylic acids is 1. The molecule has 0 spiro atoms. The average molecular weight is 294 g/mol. The lowest BCUT2D eigenvalue weighted by atomic mass is 10.2. The van der Waals surface area contributed by atoms with Gasteiger partial charge < -0.3 is 26.2 Å². The quantitative estimate of drug-likeness (QED) is 0.356. The molecule has 0 aromatic rings. The fourth-order valence-corrected chi connectivity index (χ4v) is 1.58.